The van der Waals surface area contributed by atoms with Gasteiger partial charge < -0.3 is 0 Å². The van der Waals surface area contributed by atoms with E-state index in [1.807, 2.05) is 0 Å². The summed E-state index contributed by atoms with van der Waals surface area (Å²) >= 11 is 0. The molecule has 0 atom stereocenters. The first-order chi connectivity index (χ1) is 9.91. The lowest BCUT2D eigenvalue weighted by atomic mass is 9.48. The summed E-state index contributed by atoms with van der Waals surface area (Å²) in [6.45, 7) is 0. The predicted octanol–water partition coefficient (Wildman–Crippen LogP) is 4.85. The quantitative estimate of drug-likeness (QED) is 0.395. The molecule has 0 radical (unpaired) electrons. The van der Waals surface area contributed by atoms with Crippen LogP contribution < -0.4 is 0 Å². The van der Waals surface area contributed by atoms with Crippen LogP contribution in [0.3, 0.4) is 0 Å². The molecule has 5 rings (SSSR count). The molecule has 4 aliphatic rings. The highest BCUT2D eigenvalue weighted by Crippen LogP contribution is 2.61. The Bertz CT molecular complexity index is 557. The van der Waals surface area contributed by atoms with Gasteiger partial charge in [-0.3, -0.25) is 0 Å². The fourth-order valence-electron chi connectivity index (χ4n) is 5.49. The Morgan fingerprint density at radius 1 is 0.571 bits per heavy atom. The van der Waals surface area contributed by atoms with Crippen molar-refractivity contribution in [2.24, 2.45) is 17.8 Å². The summed E-state index contributed by atoms with van der Waals surface area (Å²) in [5, 5.41) is 0. The minimum atomic E-state index is -2.06. The third kappa shape index (κ3) is 1.72. The number of benzene rings is 1. The van der Waals surface area contributed by atoms with Gasteiger partial charge >= 0.3 is 0 Å². The summed E-state index contributed by atoms with van der Waals surface area (Å²) in [7, 11) is 0. The maximum Gasteiger partial charge on any atom is 0.200 e. The summed E-state index contributed by atoms with van der Waals surface area (Å²) < 4.78 is 68.7. The maximum atomic E-state index is 14.2. The standard InChI is InChI=1S/C16H15F5/c17-11-10(12(18)14(20)15(21)13(11)19)16-4-7-1-8(5-16)3-9(2-7)6-16/h7-9H,1-6H2. The predicted molar refractivity (Wildman–Crippen MR) is 66.1 cm³/mol. The van der Waals surface area contributed by atoms with Gasteiger partial charge in [-0.15, -0.1) is 0 Å². The first-order valence-electron chi connectivity index (χ1n) is 7.43. The van der Waals surface area contributed by atoms with E-state index in [4.69, 9.17) is 0 Å². The van der Waals surface area contributed by atoms with Crippen molar-refractivity contribution in [1.82, 2.24) is 0 Å². The van der Waals surface area contributed by atoms with Gasteiger partial charge in [0.1, 0.15) is 0 Å². The zero-order valence-corrected chi connectivity index (χ0v) is 11.4. The van der Waals surface area contributed by atoms with E-state index in [-0.39, 0.29) is 0 Å². The lowest BCUT2D eigenvalue weighted by molar-refractivity contribution is -0.00923. The zero-order valence-electron chi connectivity index (χ0n) is 11.4. The minimum absolute atomic E-state index is 0.367. The molecule has 1 aromatic carbocycles. The van der Waals surface area contributed by atoms with Crippen molar-refractivity contribution < 1.29 is 22.0 Å². The molecule has 21 heavy (non-hydrogen) atoms. The molecule has 0 heterocycles. The summed E-state index contributed by atoms with van der Waals surface area (Å²) in [5.74, 6) is -7.80. The normalized spacial score (nSPS) is 37.3. The largest absolute Gasteiger partial charge is 0.203 e. The topological polar surface area (TPSA) is 0 Å². The smallest absolute Gasteiger partial charge is 0.200 e. The van der Waals surface area contributed by atoms with Crippen molar-refractivity contribution in [2.75, 3.05) is 0 Å². The highest BCUT2D eigenvalue weighted by molar-refractivity contribution is 5.34. The van der Waals surface area contributed by atoms with Crippen molar-refractivity contribution in [2.45, 2.75) is 43.9 Å². The van der Waals surface area contributed by atoms with E-state index in [0.717, 1.165) is 19.3 Å². The summed E-state index contributed by atoms with van der Waals surface area (Å²) in [6, 6.07) is 0. The van der Waals surface area contributed by atoms with Crippen LogP contribution in [0.15, 0.2) is 0 Å². The van der Waals surface area contributed by atoms with E-state index in [1.165, 1.54) is 0 Å². The summed E-state index contributed by atoms with van der Waals surface area (Å²) in [6.07, 6.45) is 4.77. The fraction of sp³-hybridized carbons (Fsp3) is 0.625. The van der Waals surface area contributed by atoms with Crippen LogP contribution in [0.1, 0.15) is 44.1 Å². The second-order valence-electron chi connectivity index (χ2n) is 7.14. The van der Waals surface area contributed by atoms with Gasteiger partial charge in [-0.25, -0.2) is 22.0 Å². The molecule has 0 nitrogen and oxygen atoms in total. The molecule has 5 heteroatoms. The Labute approximate surface area is 119 Å². The number of hydrogen-bond acceptors (Lipinski definition) is 0. The van der Waals surface area contributed by atoms with Crippen LogP contribution in [-0.4, -0.2) is 0 Å². The second-order valence-corrected chi connectivity index (χ2v) is 7.14. The van der Waals surface area contributed by atoms with Crippen molar-refractivity contribution in [3.8, 4) is 0 Å². The molecule has 114 valence electrons. The van der Waals surface area contributed by atoms with Gasteiger partial charge in [-0.05, 0) is 56.3 Å². The molecule has 0 N–H and O–H groups in total. The molecule has 4 fully saturated rings. The Balaban J connectivity index is 1.91. The van der Waals surface area contributed by atoms with Gasteiger partial charge in [-0.2, -0.15) is 0 Å². The van der Waals surface area contributed by atoms with Crippen LogP contribution in [0.4, 0.5) is 22.0 Å². The molecular formula is C16H15F5. The molecule has 0 spiro atoms. The Hall–Kier alpha value is -1.13. The molecule has 0 unspecified atom stereocenters. The monoisotopic (exact) mass is 302 g/mol. The van der Waals surface area contributed by atoms with Crippen LogP contribution in [-0.2, 0) is 5.41 Å². The summed E-state index contributed by atoms with van der Waals surface area (Å²) in [5.41, 5.74) is -1.39. The van der Waals surface area contributed by atoms with E-state index < -0.39 is 40.1 Å². The van der Waals surface area contributed by atoms with E-state index in [2.05, 4.69) is 0 Å². The highest BCUT2D eigenvalue weighted by atomic mass is 19.2. The number of halogens is 5. The Morgan fingerprint density at radius 2 is 0.905 bits per heavy atom. The van der Waals surface area contributed by atoms with E-state index >= 15 is 0 Å². The number of rotatable bonds is 1. The Kier molecular flexibility index (Phi) is 2.71. The van der Waals surface area contributed by atoms with Gasteiger partial charge in [-0.1, -0.05) is 0 Å². The van der Waals surface area contributed by atoms with Gasteiger partial charge in [0.25, 0.3) is 0 Å². The molecule has 1 aromatic rings. The van der Waals surface area contributed by atoms with E-state index in [1.54, 1.807) is 0 Å². The molecule has 0 aromatic heterocycles. The lowest BCUT2D eigenvalue weighted by Gasteiger charge is -2.57. The van der Waals surface area contributed by atoms with E-state index in [9.17, 15) is 22.0 Å². The third-order valence-electron chi connectivity index (χ3n) is 5.78. The van der Waals surface area contributed by atoms with Gasteiger partial charge in [0.2, 0.25) is 5.82 Å². The Morgan fingerprint density at radius 3 is 1.29 bits per heavy atom. The average Bonchev–Trinajstić information content (AvgIpc) is 2.41. The van der Waals surface area contributed by atoms with Crippen LogP contribution in [0.5, 0.6) is 0 Å². The SMILES string of the molecule is Fc1c(F)c(F)c(C23CC4CC(CC(C4)C2)C3)c(F)c1F. The molecule has 0 saturated heterocycles. The maximum absolute atomic E-state index is 14.2. The lowest BCUT2D eigenvalue weighted by Crippen LogP contribution is -2.49. The molecular weight excluding hydrogens is 287 g/mol. The van der Waals surface area contributed by atoms with Gasteiger partial charge in [0.05, 0.1) is 0 Å². The molecule has 4 saturated carbocycles. The van der Waals surface area contributed by atoms with Crippen LogP contribution in [0, 0.1) is 46.8 Å². The van der Waals surface area contributed by atoms with Crippen molar-refractivity contribution in [3.05, 3.63) is 34.6 Å². The molecule has 4 bridgehead atoms. The number of hydrogen-bond donors (Lipinski definition) is 0. The van der Waals surface area contributed by atoms with Gasteiger partial charge in [0, 0.05) is 11.0 Å². The van der Waals surface area contributed by atoms with Gasteiger partial charge in [0.15, 0.2) is 23.3 Å². The van der Waals surface area contributed by atoms with Crippen LogP contribution in [0.25, 0.3) is 0 Å². The molecule has 0 aliphatic heterocycles. The third-order valence-corrected chi connectivity index (χ3v) is 5.78. The highest BCUT2D eigenvalue weighted by Gasteiger charge is 2.54. The summed E-state index contributed by atoms with van der Waals surface area (Å²) in [4.78, 5) is 0. The van der Waals surface area contributed by atoms with Crippen molar-refractivity contribution in [1.29, 1.82) is 0 Å². The zero-order chi connectivity index (χ0) is 14.9. The molecule has 4 aliphatic carbocycles. The minimum Gasteiger partial charge on any atom is -0.203 e. The first kappa shape index (κ1) is 13.5. The van der Waals surface area contributed by atoms with Crippen molar-refractivity contribution >= 4 is 0 Å². The molecule has 0 amide bonds. The van der Waals surface area contributed by atoms with Crippen LogP contribution in [0.2, 0.25) is 0 Å². The van der Waals surface area contributed by atoms with Crippen molar-refractivity contribution in [3.63, 3.8) is 0 Å². The van der Waals surface area contributed by atoms with E-state index in [0.29, 0.717) is 37.0 Å². The first-order valence-corrected chi connectivity index (χ1v) is 7.43. The average molecular weight is 302 g/mol. The van der Waals surface area contributed by atoms with Crippen LogP contribution >= 0.6 is 0 Å². The fourth-order valence-corrected chi connectivity index (χ4v) is 5.49. The second kappa shape index (κ2) is 4.20.